The Kier molecular flexibility index (Phi) is 5.42. The lowest BCUT2D eigenvalue weighted by molar-refractivity contribution is -0.137. The minimum absolute atomic E-state index is 0.0607. The van der Waals surface area contributed by atoms with Gasteiger partial charge in [0.05, 0.1) is 16.8 Å². The molecule has 0 radical (unpaired) electrons. The number of aromatic hydroxyl groups is 1. The molecule has 5 N–H and O–H groups in total. The molecule has 1 saturated carbocycles. The van der Waals surface area contributed by atoms with Crippen molar-refractivity contribution in [3.63, 3.8) is 0 Å². The predicted molar refractivity (Wildman–Crippen MR) is 97.0 cm³/mol. The van der Waals surface area contributed by atoms with Crippen molar-refractivity contribution in [3.8, 4) is 23.2 Å². The maximum atomic E-state index is 13.1. The summed E-state index contributed by atoms with van der Waals surface area (Å²) in [6, 6.07) is 4.51. The normalized spacial score (nSPS) is 20.0. The number of anilines is 1. The van der Waals surface area contributed by atoms with Crippen LogP contribution < -0.4 is 11.5 Å². The molecule has 1 heterocycles. The summed E-state index contributed by atoms with van der Waals surface area (Å²) in [5.41, 5.74) is 11.1. The summed E-state index contributed by atoms with van der Waals surface area (Å²) in [5.74, 6) is -0.284. The number of phenols is 1. The van der Waals surface area contributed by atoms with E-state index in [2.05, 4.69) is 9.97 Å². The molecule has 28 heavy (non-hydrogen) atoms. The van der Waals surface area contributed by atoms with Crippen LogP contribution in [0.15, 0.2) is 18.2 Å². The van der Waals surface area contributed by atoms with Crippen molar-refractivity contribution < 1.29 is 18.3 Å². The van der Waals surface area contributed by atoms with Gasteiger partial charge in [-0.1, -0.05) is 0 Å². The van der Waals surface area contributed by atoms with E-state index < -0.39 is 17.5 Å². The maximum absolute atomic E-state index is 13.1. The second kappa shape index (κ2) is 7.64. The molecule has 0 spiro atoms. The summed E-state index contributed by atoms with van der Waals surface area (Å²) in [7, 11) is 0. The third kappa shape index (κ3) is 3.87. The van der Waals surface area contributed by atoms with Crippen LogP contribution in [0.2, 0.25) is 0 Å². The molecule has 1 aromatic carbocycles. The lowest BCUT2D eigenvalue weighted by Gasteiger charge is -2.28. The van der Waals surface area contributed by atoms with Gasteiger partial charge in [0, 0.05) is 5.92 Å². The molecule has 6 nitrogen and oxygen atoms in total. The number of nitrogens with zero attached hydrogens (tertiary/aromatic N) is 3. The Bertz CT molecular complexity index is 915. The van der Waals surface area contributed by atoms with Gasteiger partial charge in [-0.15, -0.1) is 0 Å². The fourth-order valence-electron chi connectivity index (χ4n) is 3.59. The van der Waals surface area contributed by atoms with Crippen molar-refractivity contribution in [2.75, 3.05) is 12.3 Å². The first-order valence-electron chi connectivity index (χ1n) is 8.92. The highest BCUT2D eigenvalue weighted by Crippen LogP contribution is 2.39. The minimum atomic E-state index is -4.58. The van der Waals surface area contributed by atoms with Gasteiger partial charge < -0.3 is 16.6 Å². The molecule has 0 aliphatic heterocycles. The van der Waals surface area contributed by atoms with Crippen LogP contribution in [-0.2, 0) is 6.18 Å². The van der Waals surface area contributed by atoms with Crippen LogP contribution in [0.1, 0.15) is 48.4 Å². The second-order valence-electron chi connectivity index (χ2n) is 6.99. The molecule has 0 amide bonds. The zero-order valence-corrected chi connectivity index (χ0v) is 15.0. The van der Waals surface area contributed by atoms with Crippen molar-refractivity contribution in [3.05, 3.63) is 35.0 Å². The van der Waals surface area contributed by atoms with Gasteiger partial charge >= 0.3 is 6.18 Å². The Morgan fingerprint density at radius 2 is 1.86 bits per heavy atom. The van der Waals surface area contributed by atoms with Gasteiger partial charge in [-0.2, -0.15) is 18.4 Å². The number of hydrogen-bond donors (Lipinski definition) is 3. The number of halogens is 3. The average Bonchev–Trinajstić information content (AvgIpc) is 2.67. The maximum Gasteiger partial charge on any atom is 0.416 e. The first kappa shape index (κ1) is 19.9. The summed E-state index contributed by atoms with van der Waals surface area (Å²) in [6.45, 7) is 0.590. The highest BCUT2D eigenvalue weighted by Gasteiger charge is 2.32. The number of nitriles is 1. The molecule has 1 aromatic heterocycles. The lowest BCUT2D eigenvalue weighted by Crippen LogP contribution is -2.22. The number of phenolic OH excluding ortho intramolecular Hbond substituents is 1. The molecule has 9 heteroatoms. The molecule has 148 valence electrons. The fourth-order valence-corrected chi connectivity index (χ4v) is 3.59. The van der Waals surface area contributed by atoms with E-state index in [9.17, 15) is 23.5 Å². The van der Waals surface area contributed by atoms with Crippen LogP contribution in [0.3, 0.4) is 0 Å². The second-order valence-corrected chi connectivity index (χ2v) is 6.99. The van der Waals surface area contributed by atoms with Crippen LogP contribution in [-0.4, -0.2) is 21.6 Å². The summed E-state index contributed by atoms with van der Waals surface area (Å²) in [4.78, 5) is 8.34. The number of benzene rings is 1. The molecule has 0 saturated heterocycles. The summed E-state index contributed by atoms with van der Waals surface area (Å²) >= 11 is 0. The van der Waals surface area contributed by atoms with Crippen LogP contribution >= 0.6 is 0 Å². The van der Waals surface area contributed by atoms with Gasteiger partial charge in [0.1, 0.15) is 23.2 Å². The van der Waals surface area contributed by atoms with E-state index in [-0.39, 0.29) is 28.7 Å². The number of nitrogens with two attached hydrogens (primary N) is 2. The molecule has 0 unspecified atom stereocenters. The van der Waals surface area contributed by atoms with Crippen LogP contribution in [0.5, 0.6) is 5.75 Å². The van der Waals surface area contributed by atoms with Crippen molar-refractivity contribution in [2.24, 2.45) is 11.7 Å². The number of alkyl halides is 3. The number of nitrogen functional groups attached to an aromatic ring is 1. The topological polar surface area (TPSA) is 122 Å². The Balaban J connectivity index is 2.07. The zero-order valence-electron chi connectivity index (χ0n) is 15.0. The molecular formula is C19H20F3N5O. The zero-order chi connectivity index (χ0) is 20.5. The standard InChI is InChI=1S/C19H20F3N5O/c20-19(21,22)12-5-6-15(28)13(7-12)18-26-16(14(9-24)17(25)27-18)11-3-1-10(8-23)2-4-11/h5-7,10-11,28H,1-4,8,23H2,(H2,25,26,27). The van der Waals surface area contributed by atoms with E-state index in [1.54, 1.807) is 0 Å². The van der Waals surface area contributed by atoms with E-state index in [0.717, 1.165) is 43.9 Å². The molecule has 0 bridgehead atoms. The molecule has 3 rings (SSSR count). The van der Waals surface area contributed by atoms with Gasteiger partial charge in [-0.05, 0) is 56.3 Å². The molecule has 1 aliphatic rings. The Morgan fingerprint density at radius 3 is 2.43 bits per heavy atom. The lowest BCUT2D eigenvalue weighted by atomic mass is 9.79. The predicted octanol–water partition coefficient (Wildman–Crippen LogP) is 3.55. The highest BCUT2D eigenvalue weighted by atomic mass is 19.4. The Hall–Kier alpha value is -2.86. The van der Waals surface area contributed by atoms with Crippen molar-refractivity contribution in [1.29, 1.82) is 5.26 Å². The van der Waals surface area contributed by atoms with E-state index >= 15 is 0 Å². The Labute approximate surface area is 160 Å². The van der Waals surface area contributed by atoms with E-state index in [4.69, 9.17) is 11.5 Å². The monoisotopic (exact) mass is 391 g/mol. The third-order valence-corrected chi connectivity index (χ3v) is 5.21. The largest absolute Gasteiger partial charge is 0.507 e. The number of aromatic nitrogens is 2. The van der Waals surface area contributed by atoms with Crippen molar-refractivity contribution in [1.82, 2.24) is 9.97 Å². The van der Waals surface area contributed by atoms with Crippen molar-refractivity contribution in [2.45, 2.75) is 37.8 Å². The van der Waals surface area contributed by atoms with Gasteiger partial charge in [-0.3, -0.25) is 0 Å². The molecular weight excluding hydrogens is 371 g/mol. The Morgan fingerprint density at radius 1 is 1.18 bits per heavy atom. The minimum Gasteiger partial charge on any atom is -0.507 e. The van der Waals surface area contributed by atoms with E-state index in [0.29, 0.717) is 18.2 Å². The summed E-state index contributed by atoms with van der Waals surface area (Å²) in [6.07, 6.45) is -1.33. The van der Waals surface area contributed by atoms with E-state index in [1.807, 2.05) is 6.07 Å². The quantitative estimate of drug-likeness (QED) is 0.735. The summed E-state index contributed by atoms with van der Waals surface area (Å²) < 4.78 is 39.2. The van der Waals surface area contributed by atoms with Gasteiger partial charge in [0.25, 0.3) is 0 Å². The first-order valence-corrected chi connectivity index (χ1v) is 8.92. The van der Waals surface area contributed by atoms with E-state index in [1.165, 1.54) is 0 Å². The number of rotatable bonds is 3. The van der Waals surface area contributed by atoms with Crippen LogP contribution in [0.4, 0.5) is 19.0 Å². The van der Waals surface area contributed by atoms with Crippen LogP contribution in [0.25, 0.3) is 11.4 Å². The SMILES string of the molecule is N#Cc1c(N)nc(-c2cc(C(F)(F)F)ccc2O)nc1C1CCC(CN)CC1. The first-order chi connectivity index (χ1) is 13.2. The van der Waals surface area contributed by atoms with Gasteiger partial charge in [0.15, 0.2) is 5.82 Å². The molecule has 1 aliphatic carbocycles. The molecule has 1 fully saturated rings. The smallest absolute Gasteiger partial charge is 0.416 e. The number of hydrogen-bond acceptors (Lipinski definition) is 6. The fraction of sp³-hybridized carbons (Fsp3) is 0.421. The summed E-state index contributed by atoms with van der Waals surface area (Å²) in [5, 5.41) is 19.5. The molecule has 0 atom stereocenters. The molecule has 2 aromatic rings. The highest BCUT2D eigenvalue weighted by molar-refractivity contribution is 5.68. The van der Waals surface area contributed by atoms with Crippen molar-refractivity contribution >= 4 is 5.82 Å². The average molecular weight is 391 g/mol. The third-order valence-electron chi connectivity index (χ3n) is 5.21. The van der Waals surface area contributed by atoms with Crippen LogP contribution in [0, 0.1) is 17.2 Å². The van der Waals surface area contributed by atoms with Gasteiger partial charge in [-0.25, -0.2) is 9.97 Å². The van der Waals surface area contributed by atoms with Gasteiger partial charge in [0.2, 0.25) is 0 Å².